The van der Waals surface area contributed by atoms with Crippen LogP contribution in [0.25, 0.3) is 0 Å². The molecule has 0 spiro atoms. The molecule has 104 valence electrons. The zero-order valence-electron chi connectivity index (χ0n) is 11.4. The van der Waals surface area contributed by atoms with Crippen molar-refractivity contribution in [2.45, 2.75) is 17.9 Å². The topological polar surface area (TPSA) is 24.5 Å². The van der Waals surface area contributed by atoms with Gasteiger partial charge >= 0.3 is 0 Å². The molecule has 2 fully saturated rings. The molecule has 2 aliphatic heterocycles. The van der Waals surface area contributed by atoms with Gasteiger partial charge in [-0.1, -0.05) is 34.1 Å². The number of hydrogen-bond acceptors (Lipinski definition) is 3. The highest BCUT2D eigenvalue weighted by molar-refractivity contribution is 9.10. The summed E-state index contributed by atoms with van der Waals surface area (Å²) in [5.41, 5.74) is 1.59. The highest BCUT2D eigenvalue weighted by Crippen LogP contribution is 2.40. The molecule has 1 unspecified atom stereocenters. The van der Waals surface area contributed by atoms with Crippen LogP contribution in [-0.4, -0.2) is 50.8 Å². The second-order valence-electron chi connectivity index (χ2n) is 5.87. The molecular weight excluding hydrogens is 304 g/mol. The minimum atomic E-state index is 0.190. The fourth-order valence-electron chi connectivity index (χ4n) is 3.22. The van der Waals surface area contributed by atoms with E-state index < -0.39 is 0 Å². The monoisotopic (exact) mass is 324 g/mol. The molecule has 3 rings (SSSR count). The molecule has 3 nitrogen and oxygen atoms in total. The van der Waals surface area contributed by atoms with E-state index in [2.05, 4.69) is 57.5 Å². The number of benzene rings is 1. The van der Waals surface area contributed by atoms with Gasteiger partial charge < -0.3 is 15.0 Å². The zero-order valence-corrected chi connectivity index (χ0v) is 12.9. The van der Waals surface area contributed by atoms with Gasteiger partial charge in [0, 0.05) is 35.6 Å². The fourth-order valence-corrected chi connectivity index (χ4v) is 3.93. The Morgan fingerprint density at radius 3 is 2.84 bits per heavy atom. The molecule has 0 aliphatic carbocycles. The van der Waals surface area contributed by atoms with Gasteiger partial charge in [-0.15, -0.1) is 0 Å². The van der Waals surface area contributed by atoms with Crippen LogP contribution in [0.5, 0.6) is 0 Å². The third-order valence-electron chi connectivity index (χ3n) is 4.30. The first-order valence-electron chi connectivity index (χ1n) is 6.94. The summed E-state index contributed by atoms with van der Waals surface area (Å²) < 4.78 is 6.76. The molecular formula is C15H21BrN2O. The van der Waals surface area contributed by atoms with Crippen LogP contribution >= 0.6 is 15.9 Å². The smallest absolute Gasteiger partial charge is 0.0586 e. The highest BCUT2D eigenvalue weighted by Gasteiger charge is 2.43. The summed E-state index contributed by atoms with van der Waals surface area (Å²) >= 11 is 3.70. The molecule has 0 radical (unpaired) electrons. The van der Waals surface area contributed by atoms with Crippen LogP contribution in [0.3, 0.4) is 0 Å². The molecule has 0 bridgehead atoms. The van der Waals surface area contributed by atoms with E-state index in [1.807, 2.05) is 0 Å². The normalized spacial score (nSPS) is 26.9. The lowest BCUT2D eigenvalue weighted by Crippen LogP contribution is -2.56. The van der Waals surface area contributed by atoms with Gasteiger partial charge in [0.2, 0.25) is 0 Å². The summed E-state index contributed by atoms with van der Waals surface area (Å²) in [7, 11) is 2.20. The average Bonchev–Trinajstić information content (AvgIpc) is 2.35. The minimum absolute atomic E-state index is 0.190. The Morgan fingerprint density at radius 1 is 1.42 bits per heavy atom. The van der Waals surface area contributed by atoms with Crippen LogP contribution in [0, 0.1) is 0 Å². The van der Waals surface area contributed by atoms with E-state index in [4.69, 9.17) is 4.74 Å². The Labute approximate surface area is 123 Å². The lowest BCUT2D eigenvalue weighted by Gasteiger charge is -2.46. The summed E-state index contributed by atoms with van der Waals surface area (Å²) in [5, 5.41) is 3.65. The second kappa shape index (κ2) is 5.52. The molecule has 2 saturated heterocycles. The Morgan fingerprint density at radius 2 is 2.21 bits per heavy atom. The van der Waals surface area contributed by atoms with Gasteiger partial charge in [0.15, 0.2) is 0 Å². The van der Waals surface area contributed by atoms with E-state index in [1.165, 1.54) is 10.0 Å². The Kier molecular flexibility index (Phi) is 3.94. The molecule has 1 N–H and O–H groups in total. The van der Waals surface area contributed by atoms with Gasteiger partial charge in [-0.2, -0.15) is 0 Å². The number of halogens is 1. The maximum atomic E-state index is 5.55. The van der Waals surface area contributed by atoms with Crippen molar-refractivity contribution in [3.05, 3.63) is 34.3 Å². The molecule has 19 heavy (non-hydrogen) atoms. The lowest BCUT2D eigenvalue weighted by molar-refractivity contribution is -0.0710. The van der Waals surface area contributed by atoms with E-state index in [1.54, 1.807) is 0 Å². The molecule has 0 saturated carbocycles. The summed E-state index contributed by atoms with van der Waals surface area (Å²) in [6.07, 6.45) is 1.15. The van der Waals surface area contributed by atoms with Crippen LogP contribution in [0.4, 0.5) is 0 Å². The second-order valence-corrected chi connectivity index (χ2v) is 6.72. The summed E-state index contributed by atoms with van der Waals surface area (Å²) in [4.78, 5) is 2.41. The van der Waals surface area contributed by atoms with E-state index in [0.29, 0.717) is 6.04 Å². The van der Waals surface area contributed by atoms with Gasteiger partial charge in [-0.3, -0.25) is 0 Å². The van der Waals surface area contributed by atoms with Crippen LogP contribution in [-0.2, 0) is 10.2 Å². The van der Waals surface area contributed by atoms with Crippen molar-refractivity contribution in [1.29, 1.82) is 0 Å². The minimum Gasteiger partial charge on any atom is -0.379 e. The predicted octanol–water partition coefficient (Wildman–Crippen LogP) is 2.01. The zero-order chi connectivity index (χ0) is 13.3. The van der Waals surface area contributed by atoms with E-state index >= 15 is 0 Å². The molecule has 1 aromatic rings. The first kappa shape index (κ1) is 13.6. The number of rotatable bonds is 3. The molecule has 1 aromatic carbocycles. The molecule has 4 heteroatoms. The molecule has 0 amide bonds. The summed E-state index contributed by atoms with van der Waals surface area (Å²) in [6.45, 7) is 5.06. The van der Waals surface area contributed by atoms with Gasteiger partial charge in [0.05, 0.1) is 13.2 Å². The fraction of sp³-hybridized carbons (Fsp3) is 0.600. The number of nitrogens with one attached hydrogen (secondary N) is 1. The predicted molar refractivity (Wildman–Crippen MR) is 80.5 cm³/mol. The first-order chi connectivity index (χ1) is 9.20. The van der Waals surface area contributed by atoms with Crippen molar-refractivity contribution < 1.29 is 4.74 Å². The average molecular weight is 325 g/mol. The molecule has 0 aromatic heterocycles. The number of piperazine rings is 1. The lowest BCUT2D eigenvalue weighted by atomic mass is 9.73. The van der Waals surface area contributed by atoms with Gasteiger partial charge in [-0.25, -0.2) is 0 Å². The van der Waals surface area contributed by atoms with Gasteiger partial charge in [-0.05, 0) is 25.1 Å². The van der Waals surface area contributed by atoms with Crippen molar-refractivity contribution in [3.8, 4) is 0 Å². The summed E-state index contributed by atoms with van der Waals surface area (Å²) in [5.74, 6) is 0. The third-order valence-corrected chi connectivity index (χ3v) is 4.99. The van der Waals surface area contributed by atoms with E-state index in [0.717, 1.165) is 39.3 Å². The Bertz CT molecular complexity index is 448. The summed E-state index contributed by atoms with van der Waals surface area (Å²) in [6, 6.07) is 9.14. The molecule has 2 aliphatic rings. The maximum absolute atomic E-state index is 5.55. The van der Waals surface area contributed by atoms with Gasteiger partial charge in [0.25, 0.3) is 0 Å². The molecule has 2 heterocycles. The SMILES string of the molecule is CN1CCNC(CC2(c3ccccc3Br)COC2)C1. The third kappa shape index (κ3) is 2.72. The van der Waals surface area contributed by atoms with Crippen molar-refractivity contribution in [1.82, 2.24) is 10.2 Å². The van der Waals surface area contributed by atoms with Crippen LogP contribution in [0.2, 0.25) is 0 Å². The number of ether oxygens (including phenoxy) is 1. The first-order valence-corrected chi connectivity index (χ1v) is 7.74. The number of hydrogen-bond donors (Lipinski definition) is 1. The van der Waals surface area contributed by atoms with Crippen molar-refractivity contribution >= 4 is 15.9 Å². The quantitative estimate of drug-likeness (QED) is 0.920. The highest BCUT2D eigenvalue weighted by atomic mass is 79.9. The van der Waals surface area contributed by atoms with E-state index in [9.17, 15) is 0 Å². The van der Waals surface area contributed by atoms with Crippen molar-refractivity contribution in [2.24, 2.45) is 0 Å². The largest absolute Gasteiger partial charge is 0.379 e. The van der Waals surface area contributed by atoms with Crippen molar-refractivity contribution in [2.75, 3.05) is 39.9 Å². The van der Waals surface area contributed by atoms with Crippen molar-refractivity contribution in [3.63, 3.8) is 0 Å². The number of likely N-dealkylation sites (N-methyl/N-ethyl adjacent to an activating group) is 1. The van der Waals surface area contributed by atoms with Crippen LogP contribution in [0.15, 0.2) is 28.7 Å². The maximum Gasteiger partial charge on any atom is 0.0586 e. The molecule has 1 atom stereocenters. The Hall–Kier alpha value is -0.420. The van der Waals surface area contributed by atoms with Crippen LogP contribution in [0.1, 0.15) is 12.0 Å². The van der Waals surface area contributed by atoms with E-state index in [-0.39, 0.29) is 5.41 Å². The Balaban J connectivity index is 1.78. The van der Waals surface area contributed by atoms with Crippen LogP contribution < -0.4 is 5.32 Å². The van der Waals surface area contributed by atoms with Gasteiger partial charge in [0.1, 0.15) is 0 Å². The standard InChI is InChI=1S/C15H21BrN2O/c1-18-7-6-17-12(9-18)8-15(10-19-11-15)13-4-2-3-5-14(13)16/h2-5,12,17H,6-11H2,1H3. The number of nitrogens with zero attached hydrogens (tertiary/aromatic N) is 1.